The Bertz CT molecular complexity index is 370. The Kier molecular flexibility index (Phi) is 4.05. The molecule has 0 bridgehead atoms. The Labute approximate surface area is 92.4 Å². The molecule has 0 fully saturated rings. The van der Waals surface area contributed by atoms with Gasteiger partial charge in [-0.25, -0.2) is 4.39 Å². The molecular formula is C10H12ClFN2O. The van der Waals surface area contributed by atoms with Crippen molar-refractivity contribution in [2.45, 2.75) is 13.0 Å². The van der Waals surface area contributed by atoms with E-state index in [1.54, 1.807) is 6.92 Å². The maximum Gasteiger partial charge on any atom is 0.253 e. The number of halogens is 2. The maximum absolute atomic E-state index is 12.7. The molecule has 0 unspecified atom stereocenters. The first-order valence-corrected chi connectivity index (χ1v) is 4.88. The van der Waals surface area contributed by atoms with Crippen molar-refractivity contribution in [2.75, 3.05) is 6.54 Å². The zero-order valence-corrected chi connectivity index (χ0v) is 9.01. The Morgan fingerprint density at radius 3 is 2.87 bits per heavy atom. The van der Waals surface area contributed by atoms with Crippen molar-refractivity contribution >= 4 is 17.5 Å². The zero-order chi connectivity index (χ0) is 11.4. The van der Waals surface area contributed by atoms with Crippen LogP contribution in [0, 0.1) is 5.82 Å². The van der Waals surface area contributed by atoms with Crippen molar-refractivity contribution in [3.05, 3.63) is 34.6 Å². The first-order valence-electron chi connectivity index (χ1n) is 4.50. The molecule has 15 heavy (non-hydrogen) atoms. The van der Waals surface area contributed by atoms with Gasteiger partial charge in [0.15, 0.2) is 0 Å². The smallest absolute Gasteiger partial charge is 0.253 e. The van der Waals surface area contributed by atoms with Crippen LogP contribution < -0.4 is 11.1 Å². The summed E-state index contributed by atoms with van der Waals surface area (Å²) in [5.74, 6) is -0.818. The number of carbonyl (C=O) groups is 1. The number of benzene rings is 1. The molecule has 0 aliphatic carbocycles. The molecule has 1 rings (SSSR count). The van der Waals surface area contributed by atoms with Crippen LogP contribution in [0.2, 0.25) is 5.02 Å². The van der Waals surface area contributed by atoms with E-state index in [2.05, 4.69) is 5.32 Å². The van der Waals surface area contributed by atoms with Crippen LogP contribution in [0.25, 0.3) is 0 Å². The van der Waals surface area contributed by atoms with E-state index in [9.17, 15) is 9.18 Å². The highest BCUT2D eigenvalue weighted by molar-refractivity contribution is 6.33. The van der Waals surface area contributed by atoms with Crippen molar-refractivity contribution in [3.8, 4) is 0 Å². The van der Waals surface area contributed by atoms with Crippen LogP contribution in [0.15, 0.2) is 18.2 Å². The fourth-order valence-electron chi connectivity index (χ4n) is 1.03. The summed E-state index contributed by atoms with van der Waals surface area (Å²) in [4.78, 5) is 11.6. The van der Waals surface area contributed by atoms with Gasteiger partial charge in [-0.2, -0.15) is 0 Å². The van der Waals surface area contributed by atoms with E-state index in [0.717, 1.165) is 6.07 Å². The molecule has 0 spiro atoms. The van der Waals surface area contributed by atoms with Gasteiger partial charge in [-0.15, -0.1) is 0 Å². The molecule has 3 nitrogen and oxygen atoms in total. The van der Waals surface area contributed by atoms with Gasteiger partial charge in [0.05, 0.1) is 10.6 Å². The molecule has 0 aromatic heterocycles. The third kappa shape index (κ3) is 3.18. The molecule has 0 saturated carbocycles. The molecule has 0 aliphatic heterocycles. The average Bonchev–Trinajstić information content (AvgIpc) is 2.17. The van der Waals surface area contributed by atoms with Crippen LogP contribution in [0.3, 0.4) is 0 Å². The molecule has 0 radical (unpaired) electrons. The molecule has 3 N–H and O–H groups in total. The first kappa shape index (κ1) is 11.9. The molecule has 0 heterocycles. The molecule has 1 atom stereocenters. The molecule has 0 saturated heterocycles. The molecule has 1 aromatic rings. The topological polar surface area (TPSA) is 55.1 Å². The summed E-state index contributed by atoms with van der Waals surface area (Å²) < 4.78 is 12.7. The quantitative estimate of drug-likeness (QED) is 0.828. The summed E-state index contributed by atoms with van der Waals surface area (Å²) in [7, 11) is 0. The Hall–Kier alpha value is -1.13. The lowest BCUT2D eigenvalue weighted by molar-refractivity contribution is 0.0941. The van der Waals surface area contributed by atoms with E-state index < -0.39 is 5.82 Å². The van der Waals surface area contributed by atoms with Crippen LogP contribution in [-0.2, 0) is 0 Å². The zero-order valence-electron chi connectivity index (χ0n) is 8.26. The minimum absolute atomic E-state index is 0.0942. The largest absolute Gasteiger partial charge is 0.348 e. The Morgan fingerprint density at radius 2 is 2.33 bits per heavy atom. The van der Waals surface area contributed by atoms with Gasteiger partial charge in [0, 0.05) is 12.6 Å². The second-order valence-electron chi connectivity index (χ2n) is 3.23. The summed E-state index contributed by atoms with van der Waals surface area (Å²) in [6.07, 6.45) is 0. The van der Waals surface area contributed by atoms with Crippen molar-refractivity contribution in [1.29, 1.82) is 0 Å². The van der Waals surface area contributed by atoms with Crippen LogP contribution in [0.1, 0.15) is 17.3 Å². The molecular weight excluding hydrogens is 219 g/mol. The maximum atomic E-state index is 12.7. The highest BCUT2D eigenvalue weighted by Gasteiger charge is 2.12. The Morgan fingerprint density at radius 1 is 1.67 bits per heavy atom. The summed E-state index contributed by atoms with van der Waals surface area (Å²) in [5, 5.41) is 2.73. The van der Waals surface area contributed by atoms with E-state index in [1.165, 1.54) is 12.1 Å². The van der Waals surface area contributed by atoms with Crippen molar-refractivity contribution in [3.63, 3.8) is 0 Å². The molecule has 1 amide bonds. The summed E-state index contributed by atoms with van der Waals surface area (Å²) >= 11 is 5.72. The summed E-state index contributed by atoms with van der Waals surface area (Å²) in [6.45, 7) is 2.11. The molecule has 5 heteroatoms. The number of nitrogens with one attached hydrogen (secondary N) is 1. The van der Waals surface area contributed by atoms with E-state index >= 15 is 0 Å². The van der Waals surface area contributed by atoms with E-state index in [4.69, 9.17) is 17.3 Å². The van der Waals surface area contributed by atoms with Gasteiger partial charge in [-0.05, 0) is 25.1 Å². The normalized spacial score (nSPS) is 12.3. The number of amides is 1. The fourth-order valence-corrected chi connectivity index (χ4v) is 1.29. The minimum Gasteiger partial charge on any atom is -0.348 e. The third-order valence-electron chi connectivity index (χ3n) is 1.91. The van der Waals surface area contributed by atoms with E-state index in [0.29, 0.717) is 6.54 Å². The number of carbonyl (C=O) groups excluding carboxylic acids is 1. The lowest BCUT2D eigenvalue weighted by atomic mass is 10.2. The lowest BCUT2D eigenvalue weighted by Crippen LogP contribution is -2.37. The average molecular weight is 231 g/mol. The standard InChI is InChI=1S/C10H12ClFN2O/c1-6(5-13)14-10(15)8-3-2-7(12)4-9(8)11/h2-4,6H,5,13H2,1H3,(H,14,15)/t6-/m1/s1. The van der Waals surface area contributed by atoms with E-state index in [-0.39, 0.29) is 22.5 Å². The fraction of sp³-hybridized carbons (Fsp3) is 0.300. The van der Waals surface area contributed by atoms with Gasteiger partial charge in [0.25, 0.3) is 5.91 Å². The number of nitrogens with two attached hydrogens (primary N) is 1. The monoisotopic (exact) mass is 230 g/mol. The highest BCUT2D eigenvalue weighted by atomic mass is 35.5. The second-order valence-corrected chi connectivity index (χ2v) is 3.64. The van der Waals surface area contributed by atoms with Gasteiger partial charge in [-0.1, -0.05) is 11.6 Å². The number of rotatable bonds is 3. The third-order valence-corrected chi connectivity index (χ3v) is 2.22. The van der Waals surface area contributed by atoms with Crippen molar-refractivity contribution < 1.29 is 9.18 Å². The predicted octanol–water partition coefficient (Wildman–Crippen LogP) is 1.56. The molecule has 1 aromatic carbocycles. The SMILES string of the molecule is C[C@H](CN)NC(=O)c1ccc(F)cc1Cl. The van der Waals surface area contributed by atoms with Crippen molar-refractivity contribution in [1.82, 2.24) is 5.32 Å². The minimum atomic E-state index is -0.469. The van der Waals surface area contributed by atoms with Gasteiger partial charge in [0.2, 0.25) is 0 Å². The summed E-state index contributed by atoms with van der Waals surface area (Å²) in [6, 6.07) is 3.49. The Balaban J connectivity index is 2.82. The molecule has 82 valence electrons. The van der Waals surface area contributed by atoms with E-state index in [1.807, 2.05) is 0 Å². The highest BCUT2D eigenvalue weighted by Crippen LogP contribution is 2.16. The van der Waals surface area contributed by atoms with Crippen LogP contribution in [-0.4, -0.2) is 18.5 Å². The lowest BCUT2D eigenvalue weighted by Gasteiger charge is -2.11. The first-order chi connectivity index (χ1) is 7.04. The van der Waals surface area contributed by atoms with Crippen LogP contribution >= 0.6 is 11.6 Å². The number of hydrogen-bond acceptors (Lipinski definition) is 2. The van der Waals surface area contributed by atoms with Gasteiger partial charge < -0.3 is 11.1 Å². The van der Waals surface area contributed by atoms with Gasteiger partial charge >= 0.3 is 0 Å². The van der Waals surface area contributed by atoms with Crippen molar-refractivity contribution in [2.24, 2.45) is 5.73 Å². The predicted molar refractivity (Wildman–Crippen MR) is 57.4 cm³/mol. The van der Waals surface area contributed by atoms with Crippen LogP contribution in [0.5, 0.6) is 0 Å². The second kappa shape index (κ2) is 5.09. The molecule has 0 aliphatic rings. The van der Waals surface area contributed by atoms with Crippen LogP contribution in [0.4, 0.5) is 4.39 Å². The number of hydrogen-bond donors (Lipinski definition) is 2. The van der Waals surface area contributed by atoms with Gasteiger partial charge in [-0.3, -0.25) is 4.79 Å². The summed E-state index contributed by atoms with van der Waals surface area (Å²) in [5.41, 5.74) is 5.60. The van der Waals surface area contributed by atoms with Gasteiger partial charge in [0.1, 0.15) is 5.82 Å².